The van der Waals surface area contributed by atoms with Gasteiger partial charge >= 0.3 is 0 Å². The van der Waals surface area contributed by atoms with E-state index in [0.29, 0.717) is 23.2 Å². The summed E-state index contributed by atoms with van der Waals surface area (Å²) >= 11 is 0. The van der Waals surface area contributed by atoms with Gasteiger partial charge in [-0.3, -0.25) is 4.79 Å². The Labute approximate surface area is 134 Å². The fourth-order valence-corrected chi connectivity index (χ4v) is 6.60. The third kappa shape index (κ3) is 1.85. The average molecular weight is 302 g/mol. The second-order valence-corrected chi connectivity index (χ2v) is 8.78. The molecule has 0 amide bonds. The second kappa shape index (κ2) is 4.93. The van der Waals surface area contributed by atoms with Crippen LogP contribution in [0, 0.1) is 28.6 Å². The molecule has 4 rings (SSSR count). The zero-order valence-electron chi connectivity index (χ0n) is 14.4. The molecule has 0 saturated heterocycles. The van der Waals surface area contributed by atoms with Crippen molar-refractivity contribution in [2.24, 2.45) is 28.6 Å². The second-order valence-electron chi connectivity index (χ2n) is 8.78. The molecule has 6 atom stereocenters. The van der Waals surface area contributed by atoms with Crippen LogP contribution in [0.3, 0.4) is 0 Å². The summed E-state index contributed by atoms with van der Waals surface area (Å²) < 4.78 is 5.64. The quantitative estimate of drug-likeness (QED) is 0.665. The van der Waals surface area contributed by atoms with Crippen LogP contribution < -0.4 is 0 Å². The van der Waals surface area contributed by atoms with Crippen LogP contribution >= 0.6 is 0 Å². The first-order valence-electron chi connectivity index (χ1n) is 9.24. The molecule has 0 N–H and O–H groups in total. The zero-order valence-corrected chi connectivity index (χ0v) is 14.4. The van der Waals surface area contributed by atoms with Crippen molar-refractivity contribution in [1.29, 1.82) is 0 Å². The highest BCUT2D eigenvalue weighted by molar-refractivity contribution is 5.87. The number of allylic oxidation sites excluding steroid dienone is 1. The van der Waals surface area contributed by atoms with Gasteiger partial charge in [-0.2, -0.15) is 0 Å². The van der Waals surface area contributed by atoms with Gasteiger partial charge in [0.05, 0.1) is 6.10 Å². The van der Waals surface area contributed by atoms with Gasteiger partial charge in [0.15, 0.2) is 0 Å². The Balaban J connectivity index is 1.66. The maximum absolute atomic E-state index is 12.4. The van der Waals surface area contributed by atoms with E-state index in [4.69, 9.17) is 4.74 Å². The van der Waals surface area contributed by atoms with Gasteiger partial charge in [0.25, 0.3) is 0 Å². The highest BCUT2D eigenvalue weighted by Crippen LogP contribution is 2.64. The molecule has 2 unspecified atom stereocenters. The van der Waals surface area contributed by atoms with Crippen LogP contribution in [0.2, 0.25) is 0 Å². The lowest BCUT2D eigenvalue weighted by molar-refractivity contribution is -0.132. The first-order chi connectivity index (χ1) is 10.5. The monoisotopic (exact) mass is 302 g/mol. The number of carbonyl (C=O) groups is 1. The molecule has 4 aliphatic rings. The fourth-order valence-electron chi connectivity index (χ4n) is 6.60. The lowest BCUT2D eigenvalue weighted by Gasteiger charge is -2.57. The SMILES string of the molecule is CO[C@@H]1CC[C@@]2(C)C(=CC[C@@H]3C2CC[C@]2(C)C(=O)CCC32)C1. The number of Topliss-reactive ketones (excluding diaryl/α,β-unsaturated/α-hetero) is 1. The lowest BCUT2D eigenvalue weighted by atomic mass is 9.48. The number of rotatable bonds is 1. The van der Waals surface area contributed by atoms with E-state index in [1.807, 2.05) is 7.11 Å². The molecule has 2 nitrogen and oxygen atoms in total. The van der Waals surface area contributed by atoms with Crippen molar-refractivity contribution in [2.45, 2.75) is 71.3 Å². The Morgan fingerprint density at radius 3 is 2.59 bits per heavy atom. The van der Waals surface area contributed by atoms with Crippen LogP contribution in [-0.4, -0.2) is 19.0 Å². The molecule has 0 aromatic rings. The van der Waals surface area contributed by atoms with Crippen molar-refractivity contribution in [1.82, 2.24) is 0 Å². The van der Waals surface area contributed by atoms with E-state index >= 15 is 0 Å². The Bertz CT molecular complexity index is 522. The Kier molecular flexibility index (Phi) is 3.35. The molecule has 122 valence electrons. The molecule has 22 heavy (non-hydrogen) atoms. The van der Waals surface area contributed by atoms with Gasteiger partial charge in [0, 0.05) is 18.9 Å². The van der Waals surface area contributed by atoms with Crippen molar-refractivity contribution < 1.29 is 9.53 Å². The Hall–Kier alpha value is -0.630. The van der Waals surface area contributed by atoms with Gasteiger partial charge in [-0.1, -0.05) is 25.5 Å². The summed E-state index contributed by atoms with van der Waals surface area (Å²) in [7, 11) is 1.86. The third-order valence-corrected chi connectivity index (χ3v) is 8.10. The fraction of sp³-hybridized carbons (Fsp3) is 0.850. The molecule has 0 aliphatic heterocycles. The smallest absolute Gasteiger partial charge is 0.139 e. The summed E-state index contributed by atoms with van der Waals surface area (Å²) in [6.07, 6.45) is 12.2. The standard InChI is InChI=1S/C20H30O2/c1-19-10-8-14(22-3)12-13(19)4-5-15-16-6-7-18(21)20(16,2)11-9-17(15)19/h4,14-17H,5-12H2,1-3H3/t14-,15+,16?,17?,19+,20+/m1/s1. The molecule has 0 bridgehead atoms. The first kappa shape index (κ1) is 14.9. The highest BCUT2D eigenvalue weighted by atomic mass is 16.5. The molecule has 0 aromatic heterocycles. The van der Waals surface area contributed by atoms with Crippen LogP contribution in [0.25, 0.3) is 0 Å². The van der Waals surface area contributed by atoms with Crippen molar-refractivity contribution in [3.8, 4) is 0 Å². The molecule has 2 heteroatoms. The molecule has 3 fully saturated rings. The molecule has 0 aromatic carbocycles. The number of hydrogen-bond donors (Lipinski definition) is 0. The summed E-state index contributed by atoms with van der Waals surface area (Å²) in [4.78, 5) is 12.4. The van der Waals surface area contributed by atoms with Gasteiger partial charge in [0.1, 0.15) is 5.78 Å². The molecule has 0 spiro atoms. The van der Waals surface area contributed by atoms with Gasteiger partial charge in [-0.05, 0) is 68.1 Å². The van der Waals surface area contributed by atoms with E-state index in [0.717, 1.165) is 37.5 Å². The predicted molar refractivity (Wildman–Crippen MR) is 87.5 cm³/mol. The molecule has 0 radical (unpaired) electrons. The van der Waals surface area contributed by atoms with Crippen LogP contribution in [0.4, 0.5) is 0 Å². The normalized spacial score (nSPS) is 50.9. The van der Waals surface area contributed by atoms with E-state index in [1.54, 1.807) is 5.57 Å². The maximum Gasteiger partial charge on any atom is 0.139 e. The van der Waals surface area contributed by atoms with Gasteiger partial charge in [0.2, 0.25) is 0 Å². The topological polar surface area (TPSA) is 26.3 Å². The minimum atomic E-state index is 0.00655. The summed E-state index contributed by atoms with van der Waals surface area (Å²) in [6.45, 7) is 4.79. The number of ketones is 1. The molecule has 0 heterocycles. The average Bonchev–Trinajstić information content (AvgIpc) is 2.82. The highest BCUT2D eigenvalue weighted by Gasteiger charge is 2.58. The van der Waals surface area contributed by atoms with E-state index < -0.39 is 0 Å². The molecular formula is C20H30O2. The van der Waals surface area contributed by atoms with E-state index in [-0.39, 0.29) is 5.41 Å². The number of carbonyl (C=O) groups excluding carboxylic acids is 1. The summed E-state index contributed by atoms with van der Waals surface area (Å²) in [6, 6.07) is 0. The van der Waals surface area contributed by atoms with Crippen molar-refractivity contribution in [3.05, 3.63) is 11.6 Å². The van der Waals surface area contributed by atoms with Crippen LogP contribution in [0.15, 0.2) is 11.6 Å². The Morgan fingerprint density at radius 1 is 1.09 bits per heavy atom. The first-order valence-corrected chi connectivity index (χ1v) is 9.24. The number of ether oxygens (including phenoxy) is 1. The summed E-state index contributed by atoms with van der Waals surface area (Å²) in [5.74, 6) is 2.75. The third-order valence-electron chi connectivity index (χ3n) is 8.10. The number of fused-ring (bicyclic) bond motifs is 5. The summed E-state index contributed by atoms with van der Waals surface area (Å²) in [5.41, 5.74) is 2.05. The van der Waals surface area contributed by atoms with Gasteiger partial charge in [-0.25, -0.2) is 0 Å². The molecule has 3 saturated carbocycles. The van der Waals surface area contributed by atoms with Crippen LogP contribution in [-0.2, 0) is 9.53 Å². The van der Waals surface area contributed by atoms with Crippen LogP contribution in [0.1, 0.15) is 65.2 Å². The predicted octanol–water partition coefficient (Wildman–Crippen LogP) is 4.53. The number of methoxy groups -OCH3 is 1. The minimum Gasteiger partial charge on any atom is -0.381 e. The minimum absolute atomic E-state index is 0.00655. The van der Waals surface area contributed by atoms with E-state index in [1.165, 1.54) is 25.7 Å². The molecular weight excluding hydrogens is 272 g/mol. The van der Waals surface area contributed by atoms with Gasteiger partial charge < -0.3 is 4.74 Å². The van der Waals surface area contributed by atoms with Crippen LogP contribution in [0.5, 0.6) is 0 Å². The zero-order chi connectivity index (χ0) is 15.5. The largest absolute Gasteiger partial charge is 0.381 e. The van der Waals surface area contributed by atoms with Crippen molar-refractivity contribution in [2.75, 3.05) is 7.11 Å². The summed E-state index contributed by atoms with van der Waals surface area (Å²) in [5, 5.41) is 0. The maximum atomic E-state index is 12.4. The van der Waals surface area contributed by atoms with Crippen molar-refractivity contribution in [3.63, 3.8) is 0 Å². The lowest BCUT2D eigenvalue weighted by Crippen LogP contribution is -2.50. The van der Waals surface area contributed by atoms with E-state index in [9.17, 15) is 4.79 Å². The van der Waals surface area contributed by atoms with Crippen molar-refractivity contribution >= 4 is 5.78 Å². The van der Waals surface area contributed by atoms with E-state index in [2.05, 4.69) is 19.9 Å². The number of hydrogen-bond acceptors (Lipinski definition) is 2. The Morgan fingerprint density at radius 2 is 1.82 bits per heavy atom. The van der Waals surface area contributed by atoms with Gasteiger partial charge in [-0.15, -0.1) is 0 Å². The molecule has 4 aliphatic carbocycles.